The van der Waals surface area contributed by atoms with Crippen LogP contribution in [0, 0.1) is 5.41 Å². The first-order valence-electron chi connectivity index (χ1n) is 10.2. The van der Waals surface area contributed by atoms with Crippen LogP contribution in [-0.4, -0.2) is 25.4 Å². The van der Waals surface area contributed by atoms with E-state index >= 15 is 0 Å². The number of aromatic nitrogens is 3. The van der Waals surface area contributed by atoms with Crippen LogP contribution in [0.5, 0.6) is 0 Å². The largest absolute Gasteiger partial charge is 0.477 e. The second kappa shape index (κ2) is 6.44. The summed E-state index contributed by atoms with van der Waals surface area (Å²) < 4.78 is 10.1. The predicted octanol–water partition coefficient (Wildman–Crippen LogP) is 4.50. The molecular formula is C24H23N3O4. The lowest BCUT2D eigenvalue weighted by molar-refractivity contribution is 0.0693. The molecule has 0 amide bonds. The molecule has 0 spiro atoms. The van der Waals surface area contributed by atoms with Crippen molar-refractivity contribution in [3.8, 4) is 22.7 Å². The van der Waals surface area contributed by atoms with Crippen LogP contribution in [0.15, 0.2) is 51.9 Å². The van der Waals surface area contributed by atoms with Gasteiger partial charge in [0.05, 0.1) is 11.4 Å². The first-order chi connectivity index (χ1) is 14.7. The fourth-order valence-corrected chi connectivity index (χ4v) is 4.59. The molecule has 0 fully saturated rings. The van der Waals surface area contributed by atoms with Crippen molar-refractivity contribution < 1.29 is 14.3 Å². The lowest BCUT2D eigenvalue weighted by Gasteiger charge is -2.37. The Morgan fingerprint density at radius 1 is 1.23 bits per heavy atom. The van der Waals surface area contributed by atoms with E-state index < -0.39 is 11.4 Å². The molecule has 1 aliphatic rings. The van der Waals surface area contributed by atoms with Crippen molar-refractivity contribution in [3.05, 3.63) is 64.1 Å². The summed E-state index contributed by atoms with van der Waals surface area (Å²) in [6.45, 7) is 6.36. The van der Waals surface area contributed by atoms with Gasteiger partial charge in [0.25, 0.3) is 0 Å². The molecule has 4 aromatic rings. The SMILES string of the molecule is Cn1nccc1-c1cccc2c3c(oc12)-c1cc(=O)c(C(=O)O)cn1[C@H](C(C)(C)C)C3. The van der Waals surface area contributed by atoms with E-state index in [4.69, 9.17) is 4.42 Å². The molecule has 158 valence electrons. The number of furan rings is 1. The fourth-order valence-electron chi connectivity index (χ4n) is 4.59. The number of carboxylic acid groups (broad SMARTS) is 1. The van der Waals surface area contributed by atoms with Crippen LogP contribution >= 0.6 is 0 Å². The molecule has 1 aliphatic heterocycles. The highest BCUT2D eigenvalue weighted by Crippen LogP contribution is 2.47. The standard InChI is InChI=1S/C24H23N3O4/c1-24(2,3)20-10-15-13-6-5-7-14(17-8-9-25-26(17)4)21(13)31-22(15)18-11-19(28)16(23(29)30)12-27(18)20/h5-9,11-12,20H,10H2,1-4H3,(H,29,30)/t20-/m0/s1. The van der Waals surface area contributed by atoms with Gasteiger partial charge in [0, 0.05) is 48.1 Å². The summed E-state index contributed by atoms with van der Waals surface area (Å²) in [7, 11) is 1.88. The van der Waals surface area contributed by atoms with Gasteiger partial charge in [-0.15, -0.1) is 0 Å². The topological polar surface area (TPSA) is 90.3 Å². The number of para-hydroxylation sites is 1. The number of carboxylic acids is 1. The molecule has 0 bridgehead atoms. The van der Waals surface area contributed by atoms with Crippen molar-refractivity contribution >= 4 is 16.9 Å². The molecule has 1 atom stereocenters. The Hall–Kier alpha value is -3.61. The van der Waals surface area contributed by atoms with Crippen molar-refractivity contribution in [2.45, 2.75) is 33.2 Å². The maximum Gasteiger partial charge on any atom is 0.341 e. The van der Waals surface area contributed by atoms with E-state index in [0.717, 1.165) is 27.8 Å². The van der Waals surface area contributed by atoms with Crippen LogP contribution < -0.4 is 5.43 Å². The number of nitrogens with zero attached hydrogens (tertiary/aromatic N) is 3. The molecule has 0 radical (unpaired) electrons. The first-order valence-corrected chi connectivity index (χ1v) is 10.2. The number of aromatic carboxylic acids is 1. The number of hydrogen-bond acceptors (Lipinski definition) is 4. The van der Waals surface area contributed by atoms with Crippen molar-refractivity contribution in [2.75, 3.05) is 0 Å². The molecule has 4 heterocycles. The van der Waals surface area contributed by atoms with Crippen molar-refractivity contribution in [2.24, 2.45) is 12.5 Å². The summed E-state index contributed by atoms with van der Waals surface area (Å²) in [6.07, 6.45) is 3.89. The fraction of sp³-hybridized carbons (Fsp3) is 0.292. The van der Waals surface area contributed by atoms with Crippen LogP contribution in [0.25, 0.3) is 33.7 Å². The van der Waals surface area contributed by atoms with Gasteiger partial charge in [-0.05, 0) is 24.0 Å². The van der Waals surface area contributed by atoms with Gasteiger partial charge in [-0.2, -0.15) is 5.10 Å². The molecule has 1 N–H and O–H groups in total. The Labute approximate surface area is 178 Å². The average Bonchev–Trinajstić information content (AvgIpc) is 3.29. The van der Waals surface area contributed by atoms with Crippen LogP contribution in [0.4, 0.5) is 0 Å². The van der Waals surface area contributed by atoms with Gasteiger partial charge >= 0.3 is 5.97 Å². The van der Waals surface area contributed by atoms with E-state index in [1.807, 2.05) is 35.9 Å². The first kappa shape index (κ1) is 19.4. The number of carbonyl (C=O) groups is 1. The van der Waals surface area contributed by atoms with Gasteiger partial charge in [0.1, 0.15) is 11.1 Å². The normalized spacial score (nSPS) is 15.7. The van der Waals surface area contributed by atoms with Crippen molar-refractivity contribution in [1.82, 2.24) is 14.3 Å². The Bertz CT molecular complexity index is 1420. The van der Waals surface area contributed by atoms with Gasteiger partial charge in [-0.3, -0.25) is 9.48 Å². The molecule has 7 heteroatoms. The minimum Gasteiger partial charge on any atom is -0.477 e. The third-order valence-corrected chi connectivity index (χ3v) is 6.19. The second-order valence-electron chi connectivity index (χ2n) is 9.17. The molecule has 0 aliphatic carbocycles. The molecule has 5 rings (SSSR count). The Morgan fingerprint density at radius 3 is 2.65 bits per heavy atom. The highest BCUT2D eigenvalue weighted by molar-refractivity contribution is 5.97. The smallest absolute Gasteiger partial charge is 0.341 e. The lowest BCUT2D eigenvalue weighted by Crippen LogP contribution is -2.32. The van der Waals surface area contributed by atoms with Gasteiger partial charge < -0.3 is 14.1 Å². The second-order valence-corrected chi connectivity index (χ2v) is 9.17. The number of aryl methyl sites for hydroxylation is 1. The Balaban J connectivity index is 1.84. The van der Waals surface area contributed by atoms with Gasteiger partial charge in [-0.1, -0.05) is 32.9 Å². The molecule has 1 aromatic carbocycles. The number of rotatable bonds is 2. The monoisotopic (exact) mass is 417 g/mol. The third-order valence-electron chi connectivity index (χ3n) is 6.19. The zero-order valence-corrected chi connectivity index (χ0v) is 17.8. The summed E-state index contributed by atoms with van der Waals surface area (Å²) in [4.78, 5) is 24.2. The summed E-state index contributed by atoms with van der Waals surface area (Å²) >= 11 is 0. The van der Waals surface area contributed by atoms with E-state index in [0.29, 0.717) is 17.9 Å². The zero-order chi connectivity index (χ0) is 22.1. The molecule has 3 aromatic heterocycles. The van der Waals surface area contributed by atoms with Crippen LogP contribution in [0.1, 0.15) is 42.7 Å². The Morgan fingerprint density at radius 2 is 2.00 bits per heavy atom. The minimum atomic E-state index is -1.22. The summed E-state index contributed by atoms with van der Waals surface area (Å²) in [5.41, 5.74) is 3.34. The van der Waals surface area contributed by atoms with Gasteiger partial charge in [0.15, 0.2) is 11.2 Å². The number of hydrogen-bond donors (Lipinski definition) is 1. The van der Waals surface area contributed by atoms with E-state index in [2.05, 4.69) is 25.9 Å². The molecule has 31 heavy (non-hydrogen) atoms. The zero-order valence-electron chi connectivity index (χ0n) is 17.8. The predicted molar refractivity (Wildman–Crippen MR) is 117 cm³/mol. The molecule has 0 saturated carbocycles. The third kappa shape index (κ3) is 2.84. The number of pyridine rings is 1. The maximum absolute atomic E-state index is 12.6. The van der Waals surface area contributed by atoms with Crippen LogP contribution in [-0.2, 0) is 13.5 Å². The highest BCUT2D eigenvalue weighted by Gasteiger charge is 2.36. The molecule has 7 nitrogen and oxygen atoms in total. The molecule has 0 unspecified atom stereocenters. The van der Waals surface area contributed by atoms with Crippen molar-refractivity contribution in [3.63, 3.8) is 0 Å². The molecular weight excluding hydrogens is 394 g/mol. The highest BCUT2D eigenvalue weighted by atomic mass is 16.4. The van der Waals surface area contributed by atoms with Crippen LogP contribution in [0.2, 0.25) is 0 Å². The maximum atomic E-state index is 12.6. The minimum absolute atomic E-state index is 0.0325. The Kier molecular flexibility index (Phi) is 4.02. The summed E-state index contributed by atoms with van der Waals surface area (Å²) in [5, 5.41) is 14.8. The van der Waals surface area contributed by atoms with Crippen molar-refractivity contribution in [1.29, 1.82) is 0 Å². The van der Waals surface area contributed by atoms with Gasteiger partial charge in [0.2, 0.25) is 0 Å². The summed E-state index contributed by atoms with van der Waals surface area (Å²) in [5.74, 6) is -0.596. The van der Waals surface area contributed by atoms with E-state index in [1.165, 1.54) is 12.3 Å². The summed E-state index contributed by atoms with van der Waals surface area (Å²) in [6, 6.07) is 9.34. The lowest BCUT2D eigenvalue weighted by atomic mass is 9.79. The molecule has 0 saturated heterocycles. The van der Waals surface area contributed by atoms with E-state index in [1.54, 1.807) is 10.9 Å². The van der Waals surface area contributed by atoms with Crippen LogP contribution in [0.3, 0.4) is 0 Å². The quantitative estimate of drug-likeness (QED) is 0.518. The van der Waals surface area contributed by atoms with E-state index in [-0.39, 0.29) is 17.0 Å². The number of benzene rings is 1. The number of fused-ring (bicyclic) bond motifs is 5. The average molecular weight is 417 g/mol. The van der Waals surface area contributed by atoms with E-state index in [9.17, 15) is 14.7 Å². The van der Waals surface area contributed by atoms with Gasteiger partial charge in [-0.25, -0.2) is 4.79 Å².